The molecule has 7 heteroatoms. The number of nitrogens with zero attached hydrogens (tertiary/aromatic N) is 3. The van der Waals surface area contributed by atoms with Gasteiger partial charge in [-0.1, -0.05) is 57.6 Å². The summed E-state index contributed by atoms with van der Waals surface area (Å²) in [5.41, 5.74) is 3.05. The van der Waals surface area contributed by atoms with Crippen LogP contribution in [0.15, 0.2) is 59.1 Å². The zero-order chi connectivity index (χ0) is 19.1. The largest absolute Gasteiger partial charge is 0.296 e. The molecule has 0 radical (unpaired) electrons. The Labute approximate surface area is 174 Å². The Morgan fingerprint density at radius 1 is 1.07 bits per heavy atom. The number of para-hydroxylation sites is 1. The summed E-state index contributed by atoms with van der Waals surface area (Å²) in [6, 6.07) is 17.4. The van der Waals surface area contributed by atoms with E-state index in [9.17, 15) is 4.79 Å². The van der Waals surface area contributed by atoms with E-state index in [4.69, 9.17) is 4.98 Å². The number of rotatable bonds is 4. The molecule has 0 unspecified atom stereocenters. The number of aromatic nitrogens is 3. The van der Waals surface area contributed by atoms with Gasteiger partial charge in [0.25, 0.3) is 5.91 Å². The lowest BCUT2D eigenvalue weighted by atomic mass is 10.0. The molecule has 0 bridgehead atoms. The molecular formula is C21H15BrN4OS. The molecule has 2 aromatic heterocycles. The molecule has 28 heavy (non-hydrogen) atoms. The van der Waals surface area contributed by atoms with Gasteiger partial charge >= 0.3 is 0 Å². The van der Waals surface area contributed by atoms with Crippen LogP contribution in [0, 0.1) is 0 Å². The number of hydrogen-bond donors (Lipinski definition) is 1. The summed E-state index contributed by atoms with van der Waals surface area (Å²) in [5, 5.41) is 13.6. The standard InChI is InChI=1S/C21H15BrN4OS/c22-14-5-3-4-13(10-14)18-11-16(15-6-1-2-7-17(15)23-18)19(27)24-21-26-25-20(28-21)12-8-9-12/h1-7,10-12H,8-9H2,(H,24,26,27). The average Bonchev–Trinajstić information content (AvgIpc) is 3.46. The summed E-state index contributed by atoms with van der Waals surface area (Å²) in [6.45, 7) is 0. The summed E-state index contributed by atoms with van der Waals surface area (Å²) in [7, 11) is 0. The number of amides is 1. The minimum atomic E-state index is -0.201. The van der Waals surface area contributed by atoms with Crippen molar-refractivity contribution in [1.82, 2.24) is 15.2 Å². The van der Waals surface area contributed by atoms with Gasteiger partial charge in [-0.25, -0.2) is 4.98 Å². The second-order valence-corrected chi connectivity index (χ2v) is 8.68. The van der Waals surface area contributed by atoms with E-state index in [1.807, 2.05) is 54.6 Å². The molecule has 1 saturated carbocycles. The van der Waals surface area contributed by atoms with Crippen molar-refractivity contribution in [3.8, 4) is 11.3 Å². The van der Waals surface area contributed by atoms with Crippen LogP contribution in [0.4, 0.5) is 5.13 Å². The number of benzene rings is 2. The third-order valence-corrected chi connectivity index (χ3v) is 6.16. The van der Waals surface area contributed by atoms with E-state index < -0.39 is 0 Å². The molecule has 2 heterocycles. The molecule has 1 fully saturated rings. The molecule has 138 valence electrons. The summed E-state index contributed by atoms with van der Waals surface area (Å²) >= 11 is 4.96. The van der Waals surface area contributed by atoms with E-state index >= 15 is 0 Å². The number of hydrogen-bond acceptors (Lipinski definition) is 5. The van der Waals surface area contributed by atoms with E-state index in [0.29, 0.717) is 16.6 Å². The molecule has 1 amide bonds. The van der Waals surface area contributed by atoms with Crippen molar-refractivity contribution < 1.29 is 4.79 Å². The van der Waals surface area contributed by atoms with Crippen molar-refractivity contribution >= 4 is 49.2 Å². The molecule has 1 aliphatic carbocycles. The van der Waals surface area contributed by atoms with Crippen LogP contribution in [0.2, 0.25) is 0 Å². The highest BCUT2D eigenvalue weighted by molar-refractivity contribution is 9.10. The predicted octanol–water partition coefficient (Wildman–Crippen LogP) is 5.65. The van der Waals surface area contributed by atoms with E-state index in [1.54, 1.807) is 0 Å². The van der Waals surface area contributed by atoms with Gasteiger partial charge in [0, 0.05) is 21.3 Å². The summed E-state index contributed by atoms with van der Waals surface area (Å²) in [4.78, 5) is 17.8. The molecule has 4 aromatic rings. The van der Waals surface area contributed by atoms with Crippen LogP contribution in [0.1, 0.15) is 34.1 Å². The maximum absolute atomic E-state index is 13.1. The molecule has 1 aliphatic rings. The molecular weight excluding hydrogens is 436 g/mol. The van der Waals surface area contributed by atoms with Crippen LogP contribution in [-0.2, 0) is 0 Å². The monoisotopic (exact) mass is 450 g/mol. The van der Waals surface area contributed by atoms with Gasteiger partial charge in [0.15, 0.2) is 0 Å². The average molecular weight is 451 g/mol. The van der Waals surface area contributed by atoms with Crippen molar-refractivity contribution in [2.45, 2.75) is 18.8 Å². The minimum Gasteiger partial charge on any atom is -0.296 e. The van der Waals surface area contributed by atoms with Gasteiger partial charge in [0.05, 0.1) is 16.8 Å². The van der Waals surface area contributed by atoms with Crippen molar-refractivity contribution in [2.75, 3.05) is 5.32 Å². The number of carbonyl (C=O) groups is 1. The summed E-state index contributed by atoms with van der Waals surface area (Å²) in [5.74, 6) is 0.321. The summed E-state index contributed by atoms with van der Waals surface area (Å²) in [6.07, 6.45) is 2.32. The Balaban J connectivity index is 1.55. The van der Waals surface area contributed by atoms with Crippen LogP contribution in [0.5, 0.6) is 0 Å². The first-order valence-electron chi connectivity index (χ1n) is 8.98. The van der Waals surface area contributed by atoms with Crippen LogP contribution in [0.3, 0.4) is 0 Å². The fourth-order valence-electron chi connectivity index (χ4n) is 3.10. The number of pyridine rings is 1. The Kier molecular flexibility index (Phi) is 4.41. The topological polar surface area (TPSA) is 67.8 Å². The van der Waals surface area contributed by atoms with Crippen LogP contribution in [-0.4, -0.2) is 21.1 Å². The molecule has 5 nitrogen and oxygen atoms in total. The third kappa shape index (κ3) is 3.43. The molecule has 0 saturated heterocycles. The number of halogens is 1. The van der Waals surface area contributed by atoms with E-state index in [0.717, 1.165) is 44.5 Å². The van der Waals surface area contributed by atoms with E-state index in [2.05, 4.69) is 31.4 Å². The summed E-state index contributed by atoms with van der Waals surface area (Å²) < 4.78 is 0.965. The highest BCUT2D eigenvalue weighted by Gasteiger charge is 2.28. The molecule has 0 spiro atoms. The highest BCUT2D eigenvalue weighted by Crippen LogP contribution is 2.42. The van der Waals surface area contributed by atoms with Crippen molar-refractivity contribution in [3.63, 3.8) is 0 Å². The molecule has 5 rings (SSSR count). The second kappa shape index (κ2) is 7.07. The minimum absolute atomic E-state index is 0.201. The molecule has 0 atom stereocenters. The zero-order valence-corrected chi connectivity index (χ0v) is 17.1. The SMILES string of the molecule is O=C(Nc1nnc(C2CC2)s1)c1cc(-c2cccc(Br)c2)nc2ccccc12. The van der Waals surface area contributed by atoms with Gasteiger partial charge in [0.1, 0.15) is 5.01 Å². The van der Waals surface area contributed by atoms with E-state index in [1.165, 1.54) is 11.3 Å². The van der Waals surface area contributed by atoms with Crippen LogP contribution < -0.4 is 5.32 Å². The van der Waals surface area contributed by atoms with Gasteiger partial charge in [-0.3, -0.25) is 10.1 Å². The first-order valence-corrected chi connectivity index (χ1v) is 10.6. The lowest BCUT2D eigenvalue weighted by Gasteiger charge is -2.09. The first-order chi connectivity index (χ1) is 13.7. The van der Waals surface area contributed by atoms with Crippen molar-refractivity contribution in [1.29, 1.82) is 0 Å². The molecule has 2 aromatic carbocycles. The third-order valence-electron chi connectivity index (χ3n) is 4.67. The fourth-order valence-corrected chi connectivity index (χ4v) is 4.41. The van der Waals surface area contributed by atoms with Gasteiger partial charge in [0.2, 0.25) is 5.13 Å². The van der Waals surface area contributed by atoms with Gasteiger partial charge in [-0.05, 0) is 37.1 Å². The fraction of sp³-hybridized carbons (Fsp3) is 0.143. The van der Waals surface area contributed by atoms with Crippen molar-refractivity contribution in [2.24, 2.45) is 0 Å². The second-order valence-electron chi connectivity index (χ2n) is 6.76. The van der Waals surface area contributed by atoms with Crippen molar-refractivity contribution in [3.05, 3.63) is 69.6 Å². The normalized spacial score (nSPS) is 13.6. The maximum Gasteiger partial charge on any atom is 0.258 e. The molecule has 0 aliphatic heterocycles. The first kappa shape index (κ1) is 17.5. The quantitative estimate of drug-likeness (QED) is 0.436. The Hall–Kier alpha value is -2.64. The van der Waals surface area contributed by atoms with Gasteiger partial charge < -0.3 is 0 Å². The van der Waals surface area contributed by atoms with Crippen LogP contribution in [0.25, 0.3) is 22.2 Å². The van der Waals surface area contributed by atoms with E-state index in [-0.39, 0.29) is 5.91 Å². The number of fused-ring (bicyclic) bond motifs is 1. The molecule has 1 N–H and O–H groups in total. The Morgan fingerprint density at radius 2 is 1.93 bits per heavy atom. The highest BCUT2D eigenvalue weighted by atomic mass is 79.9. The zero-order valence-electron chi connectivity index (χ0n) is 14.7. The number of nitrogens with one attached hydrogen (secondary N) is 1. The van der Waals surface area contributed by atoms with Crippen LogP contribution >= 0.6 is 27.3 Å². The predicted molar refractivity (Wildman–Crippen MR) is 115 cm³/mol. The smallest absolute Gasteiger partial charge is 0.258 e. The van der Waals surface area contributed by atoms with Gasteiger partial charge in [-0.15, -0.1) is 10.2 Å². The lowest BCUT2D eigenvalue weighted by molar-refractivity contribution is 0.102. The van der Waals surface area contributed by atoms with Gasteiger partial charge in [-0.2, -0.15) is 0 Å². The number of carbonyl (C=O) groups excluding carboxylic acids is 1. The number of anilines is 1. The Bertz CT molecular complexity index is 1200. The lowest BCUT2D eigenvalue weighted by Crippen LogP contribution is -2.13. The maximum atomic E-state index is 13.1. The Morgan fingerprint density at radius 3 is 2.75 bits per heavy atom.